The van der Waals surface area contributed by atoms with Crippen molar-refractivity contribution in [2.24, 2.45) is 0 Å². The van der Waals surface area contributed by atoms with E-state index in [1.807, 2.05) is 30.3 Å². The smallest absolute Gasteiger partial charge is 0.258 e. The first-order valence-corrected chi connectivity index (χ1v) is 6.97. The summed E-state index contributed by atoms with van der Waals surface area (Å²) in [6.07, 6.45) is 0. The van der Waals surface area contributed by atoms with Crippen LogP contribution in [0, 0.1) is 0 Å². The van der Waals surface area contributed by atoms with Crippen molar-refractivity contribution in [2.45, 2.75) is 6.61 Å². The average molecular weight is 296 g/mol. The molecule has 0 saturated heterocycles. The van der Waals surface area contributed by atoms with Gasteiger partial charge in [-0.15, -0.1) is 0 Å². The number of nitrogens with zero attached hydrogens (tertiary/aromatic N) is 1. The summed E-state index contributed by atoms with van der Waals surface area (Å²) in [4.78, 5) is 26.1. The Morgan fingerprint density at radius 2 is 2.05 bits per heavy atom. The summed E-state index contributed by atoms with van der Waals surface area (Å²) in [6, 6.07) is 14.5. The van der Waals surface area contributed by atoms with Crippen molar-refractivity contribution in [3.8, 4) is 0 Å². The minimum absolute atomic E-state index is 0.0182. The molecule has 112 valence electrons. The van der Waals surface area contributed by atoms with E-state index in [-0.39, 0.29) is 18.4 Å². The van der Waals surface area contributed by atoms with E-state index in [2.05, 4.69) is 5.32 Å². The number of hydrogen-bond donors (Lipinski definition) is 1. The SMILES string of the molecule is COCc1cccc(C(=O)N2CC(=O)Nc3ccccc32)c1. The maximum absolute atomic E-state index is 12.8. The van der Waals surface area contributed by atoms with Gasteiger partial charge in [0.2, 0.25) is 5.91 Å². The number of fused-ring (bicyclic) bond motifs is 1. The molecule has 2 aromatic carbocycles. The van der Waals surface area contributed by atoms with E-state index in [0.29, 0.717) is 23.5 Å². The Balaban J connectivity index is 1.95. The average Bonchev–Trinajstić information content (AvgIpc) is 2.54. The summed E-state index contributed by atoms with van der Waals surface area (Å²) >= 11 is 0. The number of ether oxygens (including phenoxy) is 1. The van der Waals surface area contributed by atoms with Crippen LogP contribution in [0.5, 0.6) is 0 Å². The number of carbonyl (C=O) groups is 2. The number of para-hydroxylation sites is 2. The fourth-order valence-electron chi connectivity index (χ4n) is 2.53. The molecule has 1 heterocycles. The van der Waals surface area contributed by atoms with Gasteiger partial charge in [0.1, 0.15) is 6.54 Å². The van der Waals surface area contributed by atoms with E-state index < -0.39 is 0 Å². The highest BCUT2D eigenvalue weighted by Crippen LogP contribution is 2.30. The molecule has 2 amide bonds. The number of benzene rings is 2. The molecular weight excluding hydrogens is 280 g/mol. The highest BCUT2D eigenvalue weighted by atomic mass is 16.5. The molecule has 0 aliphatic carbocycles. The van der Waals surface area contributed by atoms with Crippen LogP contribution < -0.4 is 10.2 Å². The third-order valence-corrected chi connectivity index (χ3v) is 3.50. The molecule has 0 aromatic heterocycles. The van der Waals surface area contributed by atoms with Crippen LogP contribution in [0.2, 0.25) is 0 Å². The molecule has 0 fully saturated rings. The van der Waals surface area contributed by atoms with Gasteiger partial charge < -0.3 is 10.1 Å². The maximum atomic E-state index is 12.8. The zero-order chi connectivity index (χ0) is 15.5. The van der Waals surface area contributed by atoms with Crippen molar-refractivity contribution < 1.29 is 14.3 Å². The topological polar surface area (TPSA) is 58.6 Å². The monoisotopic (exact) mass is 296 g/mol. The first kappa shape index (κ1) is 14.3. The largest absolute Gasteiger partial charge is 0.380 e. The molecule has 0 saturated carbocycles. The predicted molar refractivity (Wildman–Crippen MR) is 83.9 cm³/mol. The summed E-state index contributed by atoms with van der Waals surface area (Å²) in [5, 5.41) is 2.78. The molecule has 0 unspecified atom stereocenters. The molecule has 0 atom stereocenters. The number of nitrogens with one attached hydrogen (secondary N) is 1. The maximum Gasteiger partial charge on any atom is 0.258 e. The number of carbonyl (C=O) groups excluding carboxylic acids is 2. The van der Waals surface area contributed by atoms with Crippen LogP contribution >= 0.6 is 0 Å². The van der Waals surface area contributed by atoms with Gasteiger partial charge in [0.15, 0.2) is 0 Å². The van der Waals surface area contributed by atoms with E-state index in [4.69, 9.17) is 4.74 Å². The summed E-state index contributed by atoms with van der Waals surface area (Å²) in [5.41, 5.74) is 2.83. The zero-order valence-corrected chi connectivity index (χ0v) is 12.2. The van der Waals surface area contributed by atoms with Crippen LogP contribution in [0.3, 0.4) is 0 Å². The van der Waals surface area contributed by atoms with Gasteiger partial charge in [-0.2, -0.15) is 0 Å². The van der Waals surface area contributed by atoms with Gasteiger partial charge >= 0.3 is 0 Å². The highest BCUT2D eigenvalue weighted by molar-refractivity contribution is 6.15. The van der Waals surface area contributed by atoms with Gasteiger partial charge in [-0.1, -0.05) is 24.3 Å². The fourth-order valence-corrected chi connectivity index (χ4v) is 2.53. The number of hydrogen-bond acceptors (Lipinski definition) is 3. The van der Waals surface area contributed by atoms with Crippen LogP contribution in [0.15, 0.2) is 48.5 Å². The molecule has 1 aliphatic heterocycles. The minimum atomic E-state index is -0.194. The summed E-state index contributed by atoms with van der Waals surface area (Å²) in [5.74, 6) is -0.389. The second kappa shape index (κ2) is 5.99. The van der Waals surface area contributed by atoms with E-state index in [9.17, 15) is 9.59 Å². The molecule has 22 heavy (non-hydrogen) atoms. The van der Waals surface area contributed by atoms with Crippen molar-refractivity contribution in [3.05, 3.63) is 59.7 Å². The van der Waals surface area contributed by atoms with Gasteiger partial charge in [0.25, 0.3) is 5.91 Å². The molecule has 5 heteroatoms. The molecule has 2 aromatic rings. The normalized spacial score (nSPS) is 13.5. The Hall–Kier alpha value is -2.66. The fraction of sp³-hybridized carbons (Fsp3) is 0.176. The highest BCUT2D eigenvalue weighted by Gasteiger charge is 2.27. The van der Waals surface area contributed by atoms with Crippen LogP contribution in [0.25, 0.3) is 0 Å². The number of amides is 2. The number of rotatable bonds is 3. The third kappa shape index (κ3) is 2.71. The van der Waals surface area contributed by atoms with Gasteiger partial charge in [-0.3, -0.25) is 14.5 Å². The van der Waals surface area contributed by atoms with Gasteiger partial charge in [-0.25, -0.2) is 0 Å². The first-order valence-electron chi connectivity index (χ1n) is 6.97. The Bertz CT molecular complexity index is 727. The molecule has 5 nitrogen and oxygen atoms in total. The first-order chi connectivity index (χ1) is 10.7. The van der Waals surface area contributed by atoms with Crippen molar-refractivity contribution in [2.75, 3.05) is 23.9 Å². The molecule has 0 spiro atoms. The molecule has 1 N–H and O–H groups in total. The summed E-state index contributed by atoms with van der Waals surface area (Å²) < 4.78 is 5.09. The second-order valence-electron chi connectivity index (χ2n) is 5.09. The second-order valence-corrected chi connectivity index (χ2v) is 5.09. The van der Waals surface area contributed by atoms with Crippen LogP contribution in [0.1, 0.15) is 15.9 Å². The lowest BCUT2D eigenvalue weighted by atomic mass is 10.1. The van der Waals surface area contributed by atoms with Crippen molar-refractivity contribution >= 4 is 23.2 Å². The van der Waals surface area contributed by atoms with E-state index in [1.165, 1.54) is 4.90 Å². The molecule has 1 aliphatic rings. The Morgan fingerprint density at radius 3 is 2.86 bits per heavy atom. The van der Waals surface area contributed by atoms with Crippen molar-refractivity contribution in [1.82, 2.24) is 0 Å². The Morgan fingerprint density at radius 1 is 1.23 bits per heavy atom. The van der Waals surface area contributed by atoms with Crippen molar-refractivity contribution in [1.29, 1.82) is 0 Å². The van der Waals surface area contributed by atoms with E-state index in [1.54, 1.807) is 25.3 Å². The van der Waals surface area contributed by atoms with Crippen LogP contribution in [-0.2, 0) is 16.1 Å². The number of anilines is 2. The molecule has 0 bridgehead atoms. The van der Waals surface area contributed by atoms with E-state index in [0.717, 1.165) is 5.56 Å². The van der Waals surface area contributed by atoms with Gasteiger partial charge in [0.05, 0.1) is 18.0 Å². The molecular formula is C17H16N2O3. The lowest BCUT2D eigenvalue weighted by Gasteiger charge is -2.29. The lowest BCUT2D eigenvalue weighted by Crippen LogP contribution is -2.42. The van der Waals surface area contributed by atoms with Crippen molar-refractivity contribution in [3.63, 3.8) is 0 Å². The predicted octanol–water partition coefficient (Wildman–Crippen LogP) is 2.43. The number of methoxy groups -OCH3 is 1. The van der Waals surface area contributed by atoms with Gasteiger partial charge in [0, 0.05) is 12.7 Å². The summed E-state index contributed by atoms with van der Waals surface area (Å²) in [7, 11) is 1.61. The lowest BCUT2D eigenvalue weighted by molar-refractivity contribution is -0.115. The van der Waals surface area contributed by atoms with E-state index >= 15 is 0 Å². The zero-order valence-electron chi connectivity index (χ0n) is 12.2. The quantitative estimate of drug-likeness (QED) is 0.946. The van der Waals surface area contributed by atoms with Crippen LogP contribution in [0.4, 0.5) is 11.4 Å². The Labute approximate surface area is 128 Å². The standard InChI is InChI=1S/C17H16N2O3/c1-22-11-12-5-4-6-13(9-12)17(21)19-10-16(20)18-14-7-2-3-8-15(14)19/h2-9H,10-11H2,1H3,(H,18,20). The minimum Gasteiger partial charge on any atom is -0.380 e. The van der Waals surface area contributed by atoms with Crippen LogP contribution in [-0.4, -0.2) is 25.5 Å². The summed E-state index contributed by atoms with van der Waals surface area (Å²) in [6.45, 7) is 0.461. The third-order valence-electron chi connectivity index (χ3n) is 3.50. The molecule has 0 radical (unpaired) electrons. The Kier molecular flexibility index (Phi) is 3.89. The molecule has 3 rings (SSSR count). The van der Waals surface area contributed by atoms with Gasteiger partial charge in [-0.05, 0) is 29.8 Å².